The second-order valence-electron chi connectivity index (χ2n) is 6.33. The highest BCUT2D eigenvalue weighted by molar-refractivity contribution is 5.98. The summed E-state index contributed by atoms with van der Waals surface area (Å²) >= 11 is 0. The lowest BCUT2D eigenvalue weighted by molar-refractivity contribution is -0.147. The molecule has 0 radical (unpaired) electrons. The Morgan fingerprint density at radius 3 is 2.70 bits per heavy atom. The Kier molecular flexibility index (Phi) is 6.74. The summed E-state index contributed by atoms with van der Waals surface area (Å²) in [6.07, 6.45) is -0.0563. The molecular formula is C21H22N2O7. The number of rotatable bonds is 8. The van der Waals surface area contributed by atoms with Crippen LogP contribution < -0.4 is 24.4 Å². The van der Waals surface area contributed by atoms with Crippen molar-refractivity contribution in [1.29, 1.82) is 0 Å². The monoisotopic (exact) mass is 414 g/mol. The normalized spacial score (nSPS) is 12.5. The third-order valence-corrected chi connectivity index (χ3v) is 4.39. The zero-order valence-electron chi connectivity index (χ0n) is 16.7. The molecular weight excluding hydrogens is 392 g/mol. The number of benzene rings is 2. The van der Waals surface area contributed by atoms with E-state index in [9.17, 15) is 14.4 Å². The Morgan fingerprint density at radius 1 is 1.13 bits per heavy atom. The van der Waals surface area contributed by atoms with E-state index >= 15 is 0 Å². The average Bonchev–Trinajstić information content (AvgIpc) is 2.77. The molecule has 0 saturated heterocycles. The molecule has 0 bridgehead atoms. The molecule has 1 heterocycles. The maximum absolute atomic E-state index is 12.1. The van der Waals surface area contributed by atoms with Crippen molar-refractivity contribution in [3.63, 3.8) is 0 Å². The molecule has 2 amide bonds. The van der Waals surface area contributed by atoms with Crippen LogP contribution in [0.5, 0.6) is 17.2 Å². The van der Waals surface area contributed by atoms with Gasteiger partial charge in [-0.2, -0.15) is 0 Å². The molecule has 2 aromatic carbocycles. The quantitative estimate of drug-likeness (QED) is 0.659. The molecule has 0 fully saturated rings. The van der Waals surface area contributed by atoms with Gasteiger partial charge in [0.1, 0.15) is 17.2 Å². The molecule has 1 N–H and O–H groups in total. The minimum atomic E-state index is -0.594. The van der Waals surface area contributed by atoms with Gasteiger partial charge in [-0.05, 0) is 24.3 Å². The fourth-order valence-electron chi connectivity index (χ4n) is 2.91. The molecule has 3 rings (SSSR count). The van der Waals surface area contributed by atoms with E-state index < -0.39 is 18.5 Å². The van der Waals surface area contributed by atoms with Crippen molar-refractivity contribution in [3.05, 3.63) is 42.5 Å². The summed E-state index contributed by atoms with van der Waals surface area (Å²) in [5.74, 6) is 0.224. The largest absolute Gasteiger partial charge is 0.497 e. The van der Waals surface area contributed by atoms with Crippen LogP contribution in [0, 0.1) is 0 Å². The number of nitrogens with one attached hydrogen (secondary N) is 1. The highest BCUT2D eigenvalue weighted by atomic mass is 16.5. The van der Waals surface area contributed by atoms with Crippen LogP contribution in [0.3, 0.4) is 0 Å². The summed E-state index contributed by atoms with van der Waals surface area (Å²) in [5.41, 5.74) is 1.03. The zero-order chi connectivity index (χ0) is 21.5. The van der Waals surface area contributed by atoms with Crippen LogP contribution in [0.2, 0.25) is 0 Å². The van der Waals surface area contributed by atoms with Crippen molar-refractivity contribution in [3.8, 4) is 17.2 Å². The number of esters is 1. The van der Waals surface area contributed by atoms with Gasteiger partial charge in [-0.3, -0.25) is 14.4 Å². The van der Waals surface area contributed by atoms with E-state index in [-0.39, 0.29) is 25.5 Å². The molecule has 0 spiro atoms. The summed E-state index contributed by atoms with van der Waals surface area (Å²) in [6.45, 7) is -0.411. The van der Waals surface area contributed by atoms with Crippen LogP contribution in [0.15, 0.2) is 42.5 Å². The van der Waals surface area contributed by atoms with E-state index in [0.29, 0.717) is 28.6 Å². The van der Waals surface area contributed by atoms with Gasteiger partial charge in [0.2, 0.25) is 0 Å². The Hall–Kier alpha value is -3.75. The van der Waals surface area contributed by atoms with Crippen LogP contribution >= 0.6 is 0 Å². The number of methoxy groups -OCH3 is 2. The molecule has 0 saturated carbocycles. The van der Waals surface area contributed by atoms with Gasteiger partial charge in [0.25, 0.3) is 11.8 Å². The van der Waals surface area contributed by atoms with E-state index in [1.165, 1.54) is 19.1 Å². The van der Waals surface area contributed by atoms with Gasteiger partial charge in [-0.15, -0.1) is 0 Å². The second kappa shape index (κ2) is 9.64. The first-order valence-corrected chi connectivity index (χ1v) is 9.21. The predicted molar refractivity (Wildman–Crippen MR) is 108 cm³/mol. The number of hydrogen-bond acceptors (Lipinski definition) is 7. The SMILES string of the molecule is COc1ccc(NC(=O)COC(=O)CCN2C(=O)COc3ccccc32)c(OC)c1. The van der Waals surface area contributed by atoms with Crippen LogP contribution in [0.25, 0.3) is 0 Å². The lowest BCUT2D eigenvalue weighted by Crippen LogP contribution is -2.40. The summed E-state index contributed by atoms with van der Waals surface area (Å²) in [6, 6.07) is 12.0. The minimum absolute atomic E-state index is 0.0563. The third kappa shape index (κ3) is 4.99. The number of fused-ring (bicyclic) bond motifs is 1. The third-order valence-electron chi connectivity index (χ3n) is 4.39. The van der Waals surface area contributed by atoms with Crippen molar-refractivity contribution in [2.45, 2.75) is 6.42 Å². The van der Waals surface area contributed by atoms with E-state index in [0.717, 1.165) is 0 Å². The maximum Gasteiger partial charge on any atom is 0.308 e. The standard InChI is InChI=1S/C21H22N2O7/c1-27-14-7-8-15(18(11-14)28-2)22-19(24)12-30-21(26)9-10-23-16-5-3-4-6-17(16)29-13-20(23)25/h3-8,11H,9-10,12-13H2,1-2H3,(H,22,24). The number of ether oxygens (including phenoxy) is 4. The number of carbonyl (C=O) groups excluding carboxylic acids is 3. The van der Waals surface area contributed by atoms with E-state index in [2.05, 4.69) is 5.32 Å². The van der Waals surface area contributed by atoms with Gasteiger partial charge in [0, 0.05) is 12.6 Å². The molecule has 0 atom stereocenters. The topological polar surface area (TPSA) is 103 Å². The highest BCUT2D eigenvalue weighted by Gasteiger charge is 2.25. The van der Waals surface area contributed by atoms with Gasteiger partial charge in [-0.1, -0.05) is 12.1 Å². The van der Waals surface area contributed by atoms with Crippen molar-refractivity contribution in [2.75, 3.05) is 44.2 Å². The van der Waals surface area contributed by atoms with Crippen LogP contribution in [0.4, 0.5) is 11.4 Å². The minimum Gasteiger partial charge on any atom is -0.497 e. The molecule has 0 aliphatic carbocycles. The number of hydrogen-bond donors (Lipinski definition) is 1. The molecule has 30 heavy (non-hydrogen) atoms. The molecule has 158 valence electrons. The maximum atomic E-state index is 12.1. The smallest absolute Gasteiger partial charge is 0.308 e. The summed E-state index contributed by atoms with van der Waals surface area (Å²) in [4.78, 5) is 37.7. The molecule has 1 aliphatic heterocycles. The van der Waals surface area contributed by atoms with Crippen molar-refractivity contribution in [2.24, 2.45) is 0 Å². The lowest BCUT2D eigenvalue weighted by Gasteiger charge is -2.28. The molecule has 2 aromatic rings. The summed E-state index contributed by atoms with van der Waals surface area (Å²) in [7, 11) is 2.99. The van der Waals surface area contributed by atoms with E-state index in [1.807, 2.05) is 0 Å². The van der Waals surface area contributed by atoms with E-state index in [1.54, 1.807) is 42.5 Å². The van der Waals surface area contributed by atoms with Crippen molar-refractivity contribution < 1.29 is 33.3 Å². The van der Waals surface area contributed by atoms with Gasteiger partial charge >= 0.3 is 5.97 Å². The lowest BCUT2D eigenvalue weighted by atomic mass is 10.2. The van der Waals surface area contributed by atoms with Crippen LogP contribution in [-0.4, -0.2) is 51.8 Å². The fraction of sp³-hybridized carbons (Fsp3) is 0.286. The molecule has 9 nitrogen and oxygen atoms in total. The fourth-order valence-corrected chi connectivity index (χ4v) is 2.91. The highest BCUT2D eigenvalue weighted by Crippen LogP contribution is 2.31. The summed E-state index contributed by atoms with van der Waals surface area (Å²) in [5, 5.41) is 2.62. The number of anilines is 2. The number of nitrogens with zero attached hydrogens (tertiary/aromatic N) is 1. The summed E-state index contributed by atoms with van der Waals surface area (Å²) < 4.78 is 20.7. The number of amides is 2. The first-order valence-electron chi connectivity index (χ1n) is 9.21. The van der Waals surface area contributed by atoms with Gasteiger partial charge in [-0.25, -0.2) is 0 Å². The van der Waals surface area contributed by atoms with Crippen molar-refractivity contribution >= 4 is 29.2 Å². The van der Waals surface area contributed by atoms with Gasteiger partial charge < -0.3 is 29.2 Å². The average molecular weight is 414 g/mol. The molecule has 0 unspecified atom stereocenters. The van der Waals surface area contributed by atoms with Gasteiger partial charge in [0.15, 0.2) is 13.2 Å². The molecule has 1 aliphatic rings. The Balaban J connectivity index is 1.49. The van der Waals surface area contributed by atoms with Crippen molar-refractivity contribution in [1.82, 2.24) is 0 Å². The van der Waals surface area contributed by atoms with Crippen LogP contribution in [-0.2, 0) is 19.1 Å². The number of para-hydroxylation sites is 2. The Labute approximate surface area is 173 Å². The molecule has 9 heteroatoms. The second-order valence-corrected chi connectivity index (χ2v) is 6.33. The Bertz CT molecular complexity index is 945. The van der Waals surface area contributed by atoms with Crippen LogP contribution in [0.1, 0.15) is 6.42 Å². The first kappa shape index (κ1) is 21.0. The first-order chi connectivity index (χ1) is 14.5. The Morgan fingerprint density at radius 2 is 1.93 bits per heavy atom. The van der Waals surface area contributed by atoms with Gasteiger partial charge in [0.05, 0.1) is 32.0 Å². The zero-order valence-corrected chi connectivity index (χ0v) is 16.7. The van der Waals surface area contributed by atoms with E-state index in [4.69, 9.17) is 18.9 Å². The predicted octanol–water partition coefficient (Wildman–Crippen LogP) is 2.00. The molecule has 0 aromatic heterocycles. The number of carbonyl (C=O) groups is 3.